The van der Waals surface area contributed by atoms with Gasteiger partial charge in [0.15, 0.2) is 0 Å². The summed E-state index contributed by atoms with van der Waals surface area (Å²) in [6.45, 7) is 8.67. The van der Waals surface area contributed by atoms with Crippen molar-refractivity contribution in [1.29, 1.82) is 0 Å². The van der Waals surface area contributed by atoms with Gasteiger partial charge in [-0.1, -0.05) is 29.8 Å². The smallest absolute Gasteiger partial charge is 0.0672 e. The predicted octanol–water partition coefficient (Wildman–Crippen LogP) is 1.92. The monoisotopic (exact) mass is 189 g/mol. The van der Waals surface area contributed by atoms with Crippen molar-refractivity contribution in [3.05, 3.63) is 23.8 Å². The first-order valence-corrected chi connectivity index (χ1v) is 4.39. The van der Waals surface area contributed by atoms with Crippen LogP contribution in [0.3, 0.4) is 0 Å². The summed E-state index contributed by atoms with van der Waals surface area (Å²) in [5.41, 5.74) is 2.55. The average molecular weight is 190 g/mol. The summed E-state index contributed by atoms with van der Waals surface area (Å²) in [7, 11) is 0. The lowest BCUT2D eigenvalue weighted by Gasteiger charge is -2.03. The maximum absolute atomic E-state index is 5.32. The Morgan fingerprint density at radius 2 is 2.42 bits per heavy atom. The van der Waals surface area contributed by atoms with E-state index in [2.05, 4.69) is 11.9 Å². The quantitative estimate of drug-likeness (QED) is 0.488. The molecule has 0 saturated heterocycles. The Balaban J connectivity index is 2.96. The van der Waals surface area contributed by atoms with Crippen LogP contribution in [0.2, 0.25) is 0 Å². The molecular weight excluding hydrogens is 174 g/mol. The Kier molecular flexibility index (Phi) is 8.56. The molecule has 0 heterocycles. The van der Waals surface area contributed by atoms with Gasteiger partial charge in [-0.25, -0.2) is 0 Å². The van der Waals surface area contributed by atoms with Crippen molar-refractivity contribution in [3.63, 3.8) is 0 Å². The summed E-state index contributed by atoms with van der Waals surface area (Å²) in [6.07, 6.45) is 1.85. The molecule has 0 aromatic carbocycles. The summed E-state index contributed by atoms with van der Waals surface area (Å²) >= 11 is 5.32. The predicted molar refractivity (Wildman–Crippen MR) is 53.5 cm³/mol. The Labute approximate surface area is 79.2 Å². The molecule has 12 heavy (non-hydrogen) atoms. The lowest BCUT2D eigenvalue weighted by atomic mass is 10.4. The molecule has 0 aromatic heterocycles. The third kappa shape index (κ3) is 9.69. The normalized spacial score (nSPS) is 10.8. The lowest BCUT2D eigenvalue weighted by molar-refractivity contribution is 0.159. The maximum atomic E-state index is 5.32. The summed E-state index contributed by atoms with van der Waals surface area (Å²) in [5, 5.41) is 3.13. The van der Waals surface area contributed by atoms with Crippen molar-refractivity contribution < 1.29 is 4.74 Å². The zero-order chi connectivity index (χ0) is 9.23. The van der Waals surface area contributed by atoms with Crippen molar-refractivity contribution in [2.24, 2.45) is 0 Å². The van der Waals surface area contributed by atoms with Gasteiger partial charge in [-0.05, 0) is 6.92 Å². The molecule has 0 aliphatic rings. The van der Waals surface area contributed by atoms with E-state index in [0.29, 0.717) is 13.2 Å². The molecule has 0 aromatic rings. The van der Waals surface area contributed by atoms with Gasteiger partial charge in [0.05, 0.1) is 13.2 Å². The van der Waals surface area contributed by atoms with Gasteiger partial charge in [-0.15, -0.1) is 0 Å². The van der Waals surface area contributed by atoms with Crippen molar-refractivity contribution in [2.45, 2.75) is 6.92 Å². The minimum atomic E-state index is 0.646. The number of hydrogen-bond acceptors (Lipinski definition) is 2. The highest BCUT2D eigenvalue weighted by molar-refractivity contribution is 6.25. The van der Waals surface area contributed by atoms with Crippen LogP contribution in [0.1, 0.15) is 6.92 Å². The zero-order valence-corrected chi connectivity index (χ0v) is 8.23. The van der Waals surface area contributed by atoms with Crippen LogP contribution in [0.4, 0.5) is 0 Å². The summed E-state index contributed by atoms with van der Waals surface area (Å²) < 4.78 is 5.26. The van der Waals surface area contributed by atoms with Crippen LogP contribution in [0.25, 0.3) is 0 Å². The van der Waals surface area contributed by atoms with Crippen LogP contribution < -0.4 is 5.32 Å². The van der Waals surface area contributed by atoms with E-state index in [4.69, 9.17) is 16.3 Å². The number of halogens is 1. The molecule has 0 fully saturated rings. The minimum Gasteiger partial charge on any atom is -0.376 e. The number of ether oxygens (including phenoxy) is 1. The Morgan fingerprint density at radius 1 is 1.67 bits per heavy atom. The topological polar surface area (TPSA) is 21.3 Å². The molecule has 1 N–H and O–H groups in total. The van der Waals surface area contributed by atoms with E-state index in [1.807, 2.05) is 13.0 Å². The Morgan fingerprint density at radius 3 is 3.00 bits per heavy atom. The summed E-state index contributed by atoms with van der Waals surface area (Å²) in [6, 6.07) is 0. The number of nitrogens with one attached hydrogen (secondary N) is 1. The van der Waals surface area contributed by atoms with Crippen LogP contribution in [0.5, 0.6) is 0 Å². The first-order valence-electron chi connectivity index (χ1n) is 3.95. The van der Waals surface area contributed by atoms with E-state index in [0.717, 1.165) is 18.7 Å². The van der Waals surface area contributed by atoms with E-state index in [9.17, 15) is 0 Å². The fourth-order valence-corrected chi connectivity index (χ4v) is 0.710. The van der Waals surface area contributed by atoms with Crippen molar-refractivity contribution in [3.8, 4) is 0 Å². The van der Waals surface area contributed by atoms with E-state index < -0.39 is 0 Å². The van der Waals surface area contributed by atoms with Crippen LogP contribution in [0.15, 0.2) is 23.8 Å². The van der Waals surface area contributed by atoms with E-state index in [-0.39, 0.29) is 0 Å². The molecular formula is C9H16ClNO. The zero-order valence-electron chi connectivity index (χ0n) is 7.48. The van der Waals surface area contributed by atoms with Gasteiger partial charge in [0.2, 0.25) is 0 Å². The summed E-state index contributed by atoms with van der Waals surface area (Å²) in [4.78, 5) is 0. The second-order valence-corrected chi connectivity index (χ2v) is 2.83. The highest BCUT2D eigenvalue weighted by Gasteiger charge is 1.87. The maximum Gasteiger partial charge on any atom is 0.0672 e. The van der Waals surface area contributed by atoms with Gasteiger partial charge in [-0.2, -0.15) is 0 Å². The molecule has 0 saturated carbocycles. The molecule has 2 nitrogen and oxygen atoms in total. The van der Waals surface area contributed by atoms with Gasteiger partial charge < -0.3 is 10.1 Å². The molecule has 0 spiro atoms. The highest BCUT2D eigenvalue weighted by Crippen LogP contribution is 1.86. The molecule has 0 aliphatic heterocycles. The molecule has 0 radical (unpaired) electrons. The van der Waals surface area contributed by atoms with Crippen molar-refractivity contribution in [1.82, 2.24) is 5.32 Å². The standard InChI is InChI=1S/C9H16ClNO/c1-9(2)8-12-7-6-11-5-3-4-10/h3-4,11H,1,5-8H2,2H3/b4-3+. The van der Waals surface area contributed by atoms with Gasteiger partial charge in [0.1, 0.15) is 0 Å². The third-order valence-corrected chi connectivity index (χ3v) is 1.30. The van der Waals surface area contributed by atoms with Crippen molar-refractivity contribution in [2.75, 3.05) is 26.3 Å². The molecule has 0 atom stereocenters. The second kappa shape index (κ2) is 8.78. The summed E-state index contributed by atoms with van der Waals surface area (Å²) in [5.74, 6) is 0. The van der Waals surface area contributed by atoms with Gasteiger partial charge in [-0.3, -0.25) is 0 Å². The molecule has 0 aliphatic carbocycles. The highest BCUT2D eigenvalue weighted by atomic mass is 35.5. The fourth-order valence-electron chi connectivity index (χ4n) is 0.621. The molecule has 0 bridgehead atoms. The largest absolute Gasteiger partial charge is 0.376 e. The first kappa shape index (κ1) is 11.7. The molecule has 0 unspecified atom stereocenters. The number of rotatable bonds is 7. The average Bonchev–Trinajstić information content (AvgIpc) is 2.02. The third-order valence-electron chi connectivity index (χ3n) is 1.12. The Hall–Kier alpha value is -0.310. The van der Waals surface area contributed by atoms with Crippen molar-refractivity contribution >= 4 is 11.6 Å². The molecule has 70 valence electrons. The molecule has 3 heteroatoms. The molecule has 0 amide bonds. The molecule has 0 rings (SSSR count). The van der Waals surface area contributed by atoms with E-state index in [1.54, 1.807) is 0 Å². The Bertz CT molecular complexity index is 145. The van der Waals surface area contributed by atoms with Crippen LogP contribution in [-0.4, -0.2) is 26.3 Å². The van der Waals surface area contributed by atoms with Gasteiger partial charge in [0.25, 0.3) is 0 Å². The van der Waals surface area contributed by atoms with E-state index >= 15 is 0 Å². The second-order valence-electron chi connectivity index (χ2n) is 2.58. The van der Waals surface area contributed by atoms with Crippen LogP contribution >= 0.6 is 11.6 Å². The van der Waals surface area contributed by atoms with E-state index in [1.165, 1.54) is 5.54 Å². The van der Waals surface area contributed by atoms with Crippen LogP contribution in [0, 0.1) is 0 Å². The minimum absolute atomic E-state index is 0.646. The fraction of sp³-hybridized carbons (Fsp3) is 0.556. The lowest BCUT2D eigenvalue weighted by Crippen LogP contribution is -2.19. The van der Waals surface area contributed by atoms with Gasteiger partial charge in [0, 0.05) is 18.6 Å². The van der Waals surface area contributed by atoms with Gasteiger partial charge >= 0.3 is 0 Å². The number of hydrogen-bond donors (Lipinski definition) is 1. The first-order chi connectivity index (χ1) is 5.77. The van der Waals surface area contributed by atoms with Crippen LogP contribution in [-0.2, 0) is 4.74 Å². The SMILES string of the molecule is C=C(C)COCCNC/C=C/Cl.